The third-order valence-corrected chi connectivity index (χ3v) is 2.74. The van der Waals surface area contributed by atoms with Crippen LogP contribution >= 0.6 is 0 Å². The van der Waals surface area contributed by atoms with Crippen molar-refractivity contribution < 1.29 is 4.74 Å². The molecule has 1 radical (unpaired) electrons. The van der Waals surface area contributed by atoms with E-state index in [4.69, 9.17) is 11.2 Å². The highest BCUT2D eigenvalue weighted by Gasteiger charge is 2.08. The molecule has 0 N–H and O–H groups in total. The molecule has 0 fully saturated rings. The van der Waals surface area contributed by atoms with E-state index in [1.165, 1.54) is 5.56 Å². The van der Waals surface area contributed by atoms with E-state index in [-0.39, 0.29) is 0 Å². The van der Waals surface area contributed by atoms with Crippen LogP contribution in [0.1, 0.15) is 23.6 Å². The number of benzene rings is 1. The number of ether oxygens (including phenoxy) is 1. The Morgan fingerprint density at radius 2 is 1.81 bits per heavy atom. The molecule has 16 heavy (non-hydrogen) atoms. The van der Waals surface area contributed by atoms with Crippen molar-refractivity contribution >= 4 is 5.57 Å². The molecule has 0 unspecified atom stereocenters. The van der Waals surface area contributed by atoms with Gasteiger partial charge in [0.05, 0.1) is 7.11 Å². The summed E-state index contributed by atoms with van der Waals surface area (Å²) in [5.41, 5.74) is 5.27. The monoisotopic (exact) mass is 213 g/mol. The van der Waals surface area contributed by atoms with Gasteiger partial charge in [0.25, 0.3) is 0 Å². The second-order valence-corrected chi connectivity index (χ2v) is 3.88. The van der Waals surface area contributed by atoms with Gasteiger partial charge in [-0.3, -0.25) is 0 Å². The predicted octanol–water partition coefficient (Wildman–Crippen LogP) is 3.55. The molecule has 0 amide bonds. The quantitative estimate of drug-likeness (QED) is 0.683. The number of rotatable bonds is 2. The minimum atomic E-state index is 0.733. The van der Waals surface area contributed by atoms with Crippen LogP contribution in [-0.2, 0) is 0 Å². The molecule has 0 saturated carbocycles. The van der Waals surface area contributed by atoms with Gasteiger partial charge in [0.15, 0.2) is 0 Å². The molecule has 0 atom stereocenters. The Labute approximate surface area is 98.1 Å². The fourth-order valence-electron chi connectivity index (χ4n) is 1.89. The van der Waals surface area contributed by atoms with Crippen molar-refractivity contribution in [2.45, 2.75) is 20.8 Å². The predicted molar refractivity (Wildman–Crippen MR) is 69.3 cm³/mol. The maximum Gasteiger partial charge on any atom is 0.119 e. The molecule has 0 aliphatic carbocycles. The first kappa shape index (κ1) is 12.4. The van der Waals surface area contributed by atoms with Gasteiger partial charge in [-0.25, -0.2) is 0 Å². The van der Waals surface area contributed by atoms with Crippen LogP contribution in [-0.4, -0.2) is 7.11 Å². The van der Waals surface area contributed by atoms with E-state index in [1.54, 1.807) is 7.11 Å². The zero-order valence-corrected chi connectivity index (χ0v) is 10.3. The normalized spacial score (nSPS) is 11.8. The second-order valence-electron chi connectivity index (χ2n) is 3.88. The summed E-state index contributed by atoms with van der Waals surface area (Å²) in [5, 5.41) is 0. The van der Waals surface area contributed by atoms with Gasteiger partial charge < -0.3 is 4.74 Å². The van der Waals surface area contributed by atoms with E-state index in [9.17, 15) is 0 Å². The molecule has 1 aromatic rings. The Bertz CT molecular complexity index is 450. The molecule has 1 aromatic carbocycles. The average Bonchev–Trinajstić information content (AvgIpc) is 2.26. The second kappa shape index (κ2) is 4.90. The van der Waals surface area contributed by atoms with Gasteiger partial charge in [-0.1, -0.05) is 5.92 Å². The lowest BCUT2D eigenvalue weighted by molar-refractivity contribution is 0.414. The summed E-state index contributed by atoms with van der Waals surface area (Å²) >= 11 is 0. The first-order chi connectivity index (χ1) is 7.51. The maximum absolute atomic E-state index is 5.37. The zero-order chi connectivity index (χ0) is 12.3. The van der Waals surface area contributed by atoms with E-state index in [0.717, 1.165) is 28.0 Å². The van der Waals surface area contributed by atoms with E-state index in [2.05, 4.69) is 26.7 Å². The molecular formula is C15H17O. The summed E-state index contributed by atoms with van der Waals surface area (Å²) in [5.74, 6) is 3.46. The Hall–Kier alpha value is -1.68. The smallest absolute Gasteiger partial charge is 0.119 e. The van der Waals surface area contributed by atoms with Crippen molar-refractivity contribution in [3.8, 4) is 18.1 Å². The highest BCUT2D eigenvalue weighted by molar-refractivity contribution is 5.76. The summed E-state index contributed by atoms with van der Waals surface area (Å²) < 4.78 is 5.23. The van der Waals surface area contributed by atoms with Crippen LogP contribution in [0.15, 0.2) is 17.7 Å². The van der Waals surface area contributed by atoms with Gasteiger partial charge in [0.1, 0.15) is 5.75 Å². The number of hydrogen-bond donors (Lipinski definition) is 0. The first-order valence-electron chi connectivity index (χ1n) is 5.16. The van der Waals surface area contributed by atoms with Gasteiger partial charge in [-0.15, -0.1) is 6.42 Å². The molecule has 0 saturated heterocycles. The maximum atomic E-state index is 5.37. The lowest BCUT2D eigenvalue weighted by atomic mass is 9.93. The van der Waals surface area contributed by atoms with Gasteiger partial charge in [-0.05, 0) is 62.1 Å². The Morgan fingerprint density at radius 3 is 2.19 bits per heavy atom. The SMILES string of the molecule is C#C/C([CH2])=C(/C)c1c(C)cc(OC)cc1C. The Morgan fingerprint density at radius 1 is 1.31 bits per heavy atom. The number of terminal acetylenes is 1. The van der Waals surface area contributed by atoms with Gasteiger partial charge in [-0.2, -0.15) is 0 Å². The lowest BCUT2D eigenvalue weighted by Crippen LogP contribution is -1.95. The third-order valence-electron chi connectivity index (χ3n) is 2.74. The molecule has 1 rings (SSSR count). The highest BCUT2D eigenvalue weighted by atomic mass is 16.5. The largest absolute Gasteiger partial charge is 0.497 e. The fraction of sp³-hybridized carbons (Fsp3) is 0.267. The summed E-state index contributed by atoms with van der Waals surface area (Å²) in [4.78, 5) is 0. The summed E-state index contributed by atoms with van der Waals surface area (Å²) in [6, 6.07) is 4.02. The molecule has 0 aliphatic heterocycles. The van der Waals surface area contributed by atoms with Crippen LogP contribution in [0.5, 0.6) is 5.75 Å². The minimum absolute atomic E-state index is 0.733. The fourth-order valence-corrected chi connectivity index (χ4v) is 1.89. The summed E-state index contributed by atoms with van der Waals surface area (Å²) in [6.07, 6.45) is 5.37. The Balaban J connectivity index is 3.43. The highest BCUT2D eigenvalue weighted by Crippen LogP contribution is 2.28. The van der Waals surface area contributed by atoms with E-state index in [1.807, 2.05) is 19.1 Å². The van der Waals surface area contributed by atoms with Crippen molar-refractivity contribution in [2.75, 3.05) is 7.11 Å². The van der Waals surface area contributed by atoms with Crippen molar-refractivity contribution in [3.05, 3.63) is 41.3 Å². The lowest BCUT2D eigenvalue weighted by Gasteiger charge is -2.13. The van der Waals surface area contributed by atoms with Crippen LogP contribution < -0.4 is 4.74 Å². The molecule has 1 heteroatoms. The van der Waals surface area contributed by atoms with Crippen molar-refractivity contribution in [1.82, 2.24) is 0 Å². The summed E-state index contributed by atoms with van der Waals surface area (Å²) in [7, 11) is 1.67. The van der Waals surface area contributed by atoms with E-state index >= 15 is 0 Å². The van der Waals surface area contributed by atoms with Gasteiger partial charge in [0, 0.05) is 5.57 Å². The third kappa shape index (κ3) is 2.28. The molecule has 0 bridgehead atoms. The van der Waals surface area contributed by atoms with Crippen molar-refractivity contribution in [2.24, 2.45) is 0 Å². The number of hydrogen-bond acceptors (Lipinski definition) is 1. The van der Waals surface area contributed by atoms with Crippen LogP contribution in [0.2, 0.25) is 0 Å². The first-order valence-corrected chi connectivity index (χ1v) is 5.16. The van der Waals surface area contributed by atoms with Crippen molar-refractivity contribution in [3.63, 3.8) is 0 Å². The van der Waals surface area contributed by atoms with E-state index < -0.39 is 0 Å². The minimum Gasteiger partial charge on any atom is -0.497 e. The molecule has 0 aromatic heterocycles. The molecule has 0 aliphatic rings. The molecule has 1 nitrogen and oxygen atoms in total. The number of allylic oxidation sites excluding steroid dienone is 2. The molecular weight excluding hydrogens is 196 g/mol. The van der Waals surface area contributed by atoms with Crippen LogP contribution in [0.3, 0.4) is 0 Å². The molecule has 0 spiro atoms. The van der Waals surface area contributed by atoms with Crippen molar-refractivity contribution in [1.29, 1.82) is 0 Å². The van der Waals surface area contributed by atoms with Crippen LogP contribution in [0.25, 0.3) is 5.57 Å². The Kier molecular flexibility index (Phi) is 3.79. The zero-order valence-electron chi connectivity index (χ0n) is 10.3. The van der Waals surface area contributed by atoms with Gasteiger partial charge >= 0.3 is 0 Å². The number of aryl methyl sites for hydroxylation is 2. The van der Waals surface area contributed by atoms with Crippen LogP contribution in [0.4, 0.5) is 0 Å². The number of methoxy groups -OCH3 is 1. The molecule has 83 valence electrons. The average molecular weight is 213 g/mol. The summed E-state index contributed by atoms with van der Waals surface area (Å²) in [6.45, 7) is 9.98. The van der Waals surface area contributed by atoms with Crippen LogP contribution in [0, 0.1) is 33.1 Å². The van der Waals surface area contributed by atoms with E-state index in [0.29, 0.717) is 0 Å². The molecule has 0 heterocycles. The standard InChI is InChI=1S/C15H17O/c1-7-10(2)13(5)15-11(3)8-14(16-6)9-12(15)4/h1,8-9H,2H2,3-6H3/b13-10-. The van der Waals surface area contributed by atoms with Gasteiger partial charge in [0.2, 0.25) is 0 Å². The topological polar surface area (TPSA) is 9.23 Å².